The number of hydrogen-bond acceptors (Lipinski definition) is 8. The van der Waals surface area contributed by atoms with Gasteiger partial charge in [0.25, 0.3) is 0 Å². The Balaban J connectivity index is 3.32. The van der Waals surface area contributed by atoms with Crippen LogP contribution >= 0.6 is 0 Å². The molecular formula is C33H68N8. The molecule has 0 amide bonds. The van der Waals surface area contributed by atoms with E-state index in [4.69, 9.17) is 22.9 Å². The second-order valence-electron chi connectivity index (χ2n) is 16.5. The highest BCUT2D eigenvalue weighted by Crippen LogP contribution is 2.25. The minimum absolute atomic E-state index is 0.0374. The molecule has 240 valence electrons. The molecule has 0 fully saturated rings. The Hall–Kier alpha value is -1.10. The number of nitrogens with two attached hydrogens (primary N) is 4. The summed E-state index contributed by atoms with van der Waals surface area (Å²) in [6, 6.07) is 9.53. The molecule has 1 rings (SSSR count). The van der Waals surface area contributed by atoms with Gasteiger partial charge in [-0.05, 0) is 127 Å². The minimum atomic E-state index is -0.288. The molecule has 12 N–H and O–H groups in total. The van der Waals surface area contributed by atoms with E-state index < -0.39 is 0 Å². The van der Waals surface area contributed by atoms with Crippen LogP contribution < -0.4 is 44.2 Å². The van der Waals surface area contributed by atoms with Gasteiger partial charge in [-0.2, -0.15) is 0 Å². The molecule has 0 bridgehead atoms. The first kappa shape index (κ1) is 37.9. The molecule has 4 atom stereocenters. The molecule has 0 saturated heterocycles. The molecular weight excluding hydrogens is 508 g/mol. The minimum Gasteiger partial charge on any atom is -0.326 e. The normalized spacial score (nSPS) is 17.7. The van der Waals surface area contributed by atoms with Crippen LogP contribution in [0.3, 0.4) is 0 Å². The van der Waals surface area contributed by atoms with Crippen LogP contribution in [0.2, 0.25) is 0 Å². The average molecular weight is 577 g/mol. The van der Waals surface area contributed by atoms with Gasteiger partial charge in [0, 0.05) is 45.8 Å². The maximum Gasteiger partial charge on any atom is 0.0841 e. The predicted molar refractivity (Wildman–Crippen MR) is 178 cm³/mol. The second-order valence-corrected chi connectivity index (χ2v) is 16.5. The third-order valence-electron chi connectivity index (χ3n) is 6.89. The van der Waals surface area contributed by atoms with Gasteiger partial charge in [-0.3, -0.25) is 21.3 Å². The first-order chi connectivity index (χ1) is 18.2. The summed E-state index contributed by atoms with van der Waals surface area (Å²) < 4.78 is 0. The van der Waals surface area contributed by atoms with Crippen LogP contribution in [0.15, 0.2) is 24.3 Å². The summed E-state index contributed by atoms with van der Waals surface area (Å²) in [4.78, 5) is 0. The Morgan fingerprint density at radius 1 is 0.512 bits per heavy atom. The van der Waals surface area contributed by atoms with E-state index in [0.717, 1.165) is 25.7 Å². The lowest BCUT2D eigenvalue weighted by Gasteiger charge is -2.39. The fourth-order valence-corrected chi connectivity index (χ4v) is 6.32. The molecule has 1 aromatic rings. The van der Waals surface area contributed by atoms with Crippen LogP contribution in [0.25, 0.3) is 0 Å². The van der Waals surface area contributed by atoms with Crippen molar-refractivity contribution in [3.8, 4) is 0 Å². The van der Waals surface area contributed by atoms with Gasteiger partial charge in [-0.15, -0.1) is 0 Å². The molecule has 0 aliphatic carbocycles. The first-order valence-electron chi connectivity index (χ1n) is 15.5. The van der Waals surface area contributed by atoms with Crippen molar-refractivity contribution in [2.75, 3.05) is 0 Å². The highest BCUT2D eigenvalue weighted by atomic mass is 15.2. The monoisotopic (exact) mass is 577 g/mol. The second kappa shape index (κ2) is 14.6. The Morgan fingerprint density at radius 2 is 0.805 bits per heavy atom. The van der Waals surface area contributed by atoms with E-state index in [1.165, 1.54) is 11.1 Å². The van der Waals surface area contributed by atoms with Crippen LogP contribution in [0.5, 0.6) is 0 Å². The predicted octanol–water partition coefficient (Wildman–Crippen LogP) is 4.50. The summed E-state index contributed by atoms with van der Waals surface area (Å²) in [5, 5.41) is 15.2. The van der Waals surface area contributed by atoms with Crippen molar-refractivity contribution in [1.29, 1.82) is 0 Å². The summed E-state index contributed by atoms with van der Waals surface area (Å²) in [6.07, 6.45) is 3.30. The molecule has 8 nitrogen and oxygen atoms in total. The van der Waals surface area contributed by atoms with Gasteiger partial charge in [0.05, 0.1) is 12.3 Å². The highest BCUT2D eigenvalue weighted by Gasteiger charge is 2.30. The van der Waals surface area contributed by atoms with Gasteiger partial charge >= 0.3 is 0 Å². The fourth-order valence-electron chi connectivity index (χ4n) is 6.32. The van der Waals surface area contributed by atoms with Gasteiger partial charge < -0.3 is 22.9 Å². The topological polar surface area (TPSA) is 152 Å². The summed E-state index contributed by atoms with van der Waals surface area (Å²) in [7, 11) is 0. The summed E-state index contributed by atoms with van der Waals surface area (Å²) in [5.41, 5.74) is 26.6. The lowest BCUT2D eigenvalue weighted by atomic mass is 9.87. The van der Waals surface area contributed by atoms with Crippen LogP contribution in [-0.4, -0.2) is 45.8 Å². The number of hydrogen-bond donors (Lipinski definition) is 8. The quantitative estimate of drug-likeness (QED) is 0.119. The largest absolute Gasteiger partial charge is 0.326 e. The standard InChI is InChI=1S/C33H68N8/c1-22(18-29(4,5)34)38-27(39-23(2)19-30(6,7)35)25-14-16-26(17-15-25)28(40-24(3)20-31(8,9)36)41-33(12,13)21-32(10,11)37/h14-17,22-24,27-28,38-41H,18-21,34-37H2,1-13H3. The van der Waals surface area contributed by atoms with Gasteiger partial charge in [0.1, 0.15) is 0 Å². The molecule has 0 spiro atoms. The molecule has 0 aromatic heterocycles. The Morgan fingerprint density at radius 3 is 1.10 bits per heavy atom. The molecule has 8 heteroatoms. The van der Waals surface area contributed by atoms with Crippen molar-refractivity contribution in [2.24, 2.45) is 22.9 Å². The Kier molecular flexibility index (Phi) is 13.5. The Bertz CT molecular complexity index is 860. The van der Waals surface area contributed by atoms with Crippen LogP contribution in [-0.2, 0) is 0 Å². The van der Waals surface area contributed by atoms with Crippen molar-refractivity contribution in [3.05, 3.63) is 35.4 Å². The SMILES string of the molecule is CC(CC(C)(C)N)NC(NC(C)CC(C)(C)N)c1ccc(C(NC(C)CC(C)(C)N)NC(C)(C)CC(C)(C)N)cc1. The van der Waals surface area contributed by atoms with E-state index >= 15 is 0 Å². The fraction of sp³-hybridized carbons (Fsp3) is 0.818. The van der Waals surface area contributed by atoms with Crippen LogP contribution in [0.4, 0.5) is 0 Å². The van der Waals surface area contributed by atoms with Gasteiger partial charge in [0.2, 0.25) is 0 Å². The third-order valence-corrected chi connectivity index (χ3v) is 6.89. The van der Waals surface area contributed by atoms with Crippen molar-refractivity contribution in [1.82, 2.24) is 21.3 Å². The van der Waals surface area contributed by atoms with Gasteiger partial charge in [-0.25, -0.2) is 0 Å². The highest BCUT2D eigenvalue weighted by molar-refractivity contribution is 5.27. The molecule has 0 aliphatic rings. The van der Waals surface area contributed by atoms with E-state index in [1.807, 2.05) is 0 Å². The zero-order valence-electron chi connectivity index (χ0n) is 28.8. The average Bonchev–Trinajstić information content (AvgIpc) is 2.66. The van der Waals surface area contributed by atoms with E-state index in [0.29, 0.717) is 0 Å². The zero-order valence-corrected chi connectivity index (χ0v) is 28.8. The van der Waals surface area contributed by atoms with Crippen molar-refractivity contribution >= 4 is 0 Å². The lowest BCUT2D eigenvalue weighted by Crippen LogP contribution is -2.54. The summed E-state index contributed by atoms with van der Waals surface area (Å²) >= 11 is 0. The van der Waals surface area contributed by atoms with Crippen molar-refractivity contribution in [2.45, 2.75) is 174 Å². The van der Waals surface area contributed by atoms with Crippen LogP contribution in [0, 0.1) is 0 Å². The van der Waals surface area contributed by atoms with E-state index in [-0.39, 0.29) is 58.2 Å². The molecule has 0 saturated carbocycles. The molecule has 1 aromatic carbocycles. The molecule has 0 radical (unpaired) electrons. The number of benzene rings is 1. The van der Waals surface area contributed by atoms with Crippen molar-refractivity contribution in [3.63, 3.8) is 0 Å². The maximum absolute atomic E-state index is 6.42. The maximum atomic E-state index is 6.42. The Labute approximate surface area is 253 Å². The smallest absolute Gasteiger partial charge is 0.0841 e. The molecule has 4 unspecified atom stereocenters. The van der Waals surface area contributed by atoms with Gasteiger partial charge in [0.15, 0.2) is 0 Å². The van der Waals surface area contributed by atoms with Crippen LogP contribution in [0.1, 0.15) is 139 Å². The van der Waals surface area contributed by atoms with Crippen molar-refractivity contribution < 1.29 is 0 Å². The molecule has 41 heavy (non-hydrogen) atoms. The molecule has 0 aliphatic heterocycles. The van der Waals surface area contributed by atoms with Gasteiger partial charge in [-0.1, -0.05) is 24.3 Å². The zero-order chi connectivity index (χ0) is 32.0. The lowest BCUT2D eigenvalue weighted by molar-refractivity contribution is 0.227. The summed E-state index contributed by atoms with van der Waals surface area (Å²) in [5.74, 6) is 0. The van der Waals surface area contributed by atoms with E-state index in [9.17, 15) is 0 Å². The first-order valence-corrected chi connectivity index (χ1v) is 15.5. The summed E-state index contributed by atoms with van der Waals surface area (Å²) in [6.45, 7) is 27.6. The third kappa shape index (κ3) is 17.6. The van der Waals surface area contributed by atoms with E-state index in [2.05, 4.69) is 136 Å². The number of rotatable bonds is 18. The van der Waals surface area contributed by atoms with E-state index in [1.54, 1.807) is 0 Å². The molecule has 0 heterocycles. The number of nitrogens with one attached hydrogen (secondary N) is 4.